The Balaban J connectivity index is 1.71. The van der Waals surface area contributed by atoms with Crippen molar-refractivity contribution in [3.63, 3.8) is 0 Å². The van der Waals surface area contributed by atoms with Gasteiger partial charge in [-0.05, 0) is 31.4 Å². The summed E-state index contributed by atoms with van der Waals surface area (Å²) in [6.07, 6.45) is 2.80. The molecule has 3 atom stereocenters. The topological polar surface area (TPSA) is 67.8 Å². The maximum atomic E-state index is 12.9. The fraction of sp³-hybridized carbons (Fsp3) is 0.556. The fourth-order valence-electron chi connectivity index (χ4n) is 3.61. The molecule has 0 bridgehead atoms. The molecule has 2 aliphatic heterocycles. The van der Waals surface area contributed by atoms with E-state index in [1.54, 1.807) is 0 Å². The number of nitrogens with zero attached hydrogens (tertiary/aromatic N) is 1. The quantitative estimate of drug-likeness (QED) is 0.844. The van der Waals surface area contributed by atoms with Crippen molar-refractivity contribution in [2.75, 3.05) is 31.1 Å². The first-order chi connectivity index (χ1) is 11.5. The smallest absolute Gasteiger partial charge is 0.282 e. The summed E-state index contributed by atoms with van der Waals surface area (Å²) < 4.78 is 0. The molecule has 0 spiro atoms. The molecular formula is C18H26N3O2S+. The number of hydrogen-bond acceptors (Lipinski definition) is 3. The molecule has 3 rings (SSSR count). The second kappa shape index (κ2) is 7.57. The highest BCUT2D eigenvalue weighted by Gasteiger charge is 2.31. The van der Waals surface area contributed by atoms with Crippen molar-refractivity contribution >= 4 is 29.3 Å². The Hall–Kier alpha value is -1.53. The van der Waals surface area contributed by atoms with Crippen LogP contribution in [0.25, 0.3) is 0 Å². The number of amides is 2. The molecule has 24 heavy (non-hydrogen) atoms. The van der Waals surface area contributed by atoms with Gasteiger partial charge in [0.25, 0.3) is 5.91 Å². The molecule has 2 amide bonds. The van der Waals surface area contributed by atoms with Crippen molar-refractivity contribution in [2.45, 2.75) is 36.3 Å². The minimum atomic E-state index is -0.231. The zero-order valence-corrected chi connectivity index (χ0v) is 15.0. The van der Waals surface area contributed by atoms with E-state index in [1.165, 1.54) is 9.80 Å². The van der Waals surface area contributed by atoms with Gasteiger partial charge in [-0.3, -0.25) is 9.59 Å². The maximum Gasteiger partial charge on any atom is 0.282 e. The number of piperidine rings is 1. The standard InChI is InChI=1S/C18H25N3O2S/c1-13-8-10-21(15-6-2-3-7-16(15)24-13)17(22)12-20-9-4-5-14(11-20)18(19)23/h2-3,6-7,13-14H,4-5,8-12H2,1H3,(H2,19,23)/p+1/t13-,14-/m0/s1. The van der Waals surface area contributed by atoms with Crippen molar-refractivity contribution in [3.8, 4) is 0 Å². The summed E-state index contributed by atoms with van der Waals surface area (Å²) in [5.74, 6) is -0.171. The number of para-hydroxylation sites is 1. The Morgan fingerprint density at radius 3 is 2.92 bits per heavy atom. The zero-order valence-electron chi connectivity index (χ0n) is 14.2. The number of quaternary nitrogens is 1. The van der Waals surface area contributed by atoms with E-state index in [1.807, 2.05) is 34.9 Å². The molecule has 1 saturated heterocycles. The number of carbonyl (C=O) groups excluding carboxylic acids is 2. The van der Waals surface area contributed by atoms with Crippen molar-refractivity contribution in [1.82, 2.24) is 0 Å². The van der Waals surface area contributed by atoms with Crippen LogP contribution < -0.4 is 15.5 Å². The van der Waals surface area contributed by atoms with Gasteiger partial charge < -0.3 is 15.5 Å². The first-order valence-electron chi connectivity index (χ1n) is 8.73. The van der Waals surface area contributed by atoms with Crippen LogP contribution in [-0.4, -0.2) is 43.2 Å². The molecule has 0 aromatic heterocycles. The molecule has 1 fully saturated rings. The van der Waals surface area contributed by atoms with E-state index in [9.17, 15) is 9.59 Å². The molecule has 2 heterocycles. The van der Waals surface area contributed by atoms with Gasteiger partial charge in [-0.2, -0.15) is 0 Å². The van der Waals surface area contributed by atoms with Gasteiger partial charge in [0.05, 0.1) is 24.7 Å². The number of primary amides is 1. The van der Waals surface area contributed by atoms with Gasteiger partial charge in [-0.1, -0.05) is 19.1 Å². The minimum absolute atomic E-state index is 0.0893. The number of hydrogen-bond donors (Lipinski definition) is 2. The van der Waals surface area contributed by atoms with Crippen LogP contribution in [0.4, 0.5) is 5.69 Å². The molecule has 0 radical (unpaired) electrons. The summed E-state index contributed by atoms with van der Waals surface area (Å²) in [6.45, 7) is 5.04. The molecule has 1 aromatic rings. The van der Waals surface area contributed by atoms with Gasteiger partial charge in [0.15, 0.2) is 6.54 Å². The Bertz CT molecular complexity index is 622. The normalized spacial score (nSPS) is 27.2. The van der Waals surface area contributed by atoms with E-state index >= 15 is 0 Å². The van der Waals surface area contributed by atoms with Crippen molar-refractivity contribution in [3.05, 3.63) is 24.3 Å². The summed E-state index contributed by atoms with van der Waals surface area (Å²) in [5, 5.41) is 0.505. The summed E-state index contributed by atoms with van der Waals surface area (Å²) >= 11 is 1.84. The summed E-state index contributed by atoms with van der Waals surface area (Å²) in [6, 6.07) is 8.15. The number of anilines is 1. The lowest BCUT2D eigenvalue weighted by atomic mass is 9.97. The SMILES string of the molecule is C[C@H]1CCN(C(=O)C[NH+]2CCC[C@H](C(N)=O)C2)c2ccccc2S1. The average Bonchev–Trinajstić information content (AvgIpc) is 2.73. The van der Waals surface area contributed by atoms with Gasteiger partial charge >= 0.3 is 0 Å². The highest BCUT2D eigenvalue weighted by Crippen LogP contribution is 2.37. The fourth-order valence-corrected chi connectivity index (χ4v) is 4.72. The van der Waals surface area contributed by atoms with Gasteiger partial charge in [-0.25, -0.2) is 0 Å². The third-order valence-electron chi connectivity index (χ3n) is 4.97. The first kappa shape index (κ1) is 17.3. The number of thioether (sulfide) groups is 1. The monoisotopic (exact) mass is 348 g/mol. The molecule has 2 aliphatic rings. The Morgan fingerprint density at radius 1 is 1.33 bits per heavy atom. The summed E-state index contributed by atoms with van der Waals surface area (Å²) in [4.78, 5) is 28.7. The lowest BCUT2D eigenvalue weighted by Gasteiger charge is -2.30. The lowest BCUT2D eigenvalue weighted by molar-refractivity contribution is -0.899. The van der Waals surface area contributed by atoms with Crippen molar-refractivity contribution in [1.29, 1.82) is 0 Å². The second-order valence-corrected chi connectivity index (χ2v) is 8.33. The van der Waals surface area contributed by atoms with E-state index < -0.39 is 0 Å². The van der Waals surface area contributed by atoms with Gasteiger partial charge in [0, 0.05) is 16.7 Å². The van der Waals surface area contributed by atoms with Crippen LogP contribution in [0.1, 0.15) is 26.2 Å². The molecule has 0 aliphatic carbocycles. The molecule has 130 valence electrons. The third-order valence-corrected chi connectivity index (χ3v) is 6.20. The number of carbonyl (C=O) groups is 2. The number of rotatable bonds is 3. The molecule has 6 heteroatoms. The van der Waals surface area contributed by atoms with Crippen LogP contribution in [0.15, 0.2) is 29.2 Å². The predicted molar refractivity (Wildman–Crippen MR) is 96.2 cm³/mol. The van der Waals surface area contributed by atoms with Crippen LogP contribution in [-0.2, 0) is 9.59 Å². The number of nitrogens with two attached hydrogens (primary N) is 1. The molecule has 5 nitrogen and oxygen atoms in total. The van der Waals surface area contributed by atoms with E-state index in [0.717, 1.165) is 38.0 Å². The summed E-state index contributed by atoms with van der Waals surface area (Å²) in [7, 11) is 0. The lowest BCUT2D eigenvalue weighted by Crippen LogP contribution is -3.15. The Kier molecular flexibility index (Phi) is 5.46. The average molecular weight is 348 g/mol. The van der Waals surface area contributed by atoms with E-state index in [-0.39, 0.29) is 17.7 Å². The van der Waals surface area contributed by atoms with Crippen LogP contribution in [0.3, 0.4) is 0 Å². The molecule has 1 aromatic carbocycles. The van der Waals surface area contributed by atoms with Crippen LogP contribution >= 0.6 is 11.8 Å². The third kappa shape index (κ3) is 3.92. The second-order valence-electron chi connectivity index (χ2n) is 6.85. The Morgan fingerprint density at radius 2 is 2.12 bits per heavy atom. The highest BCUT2D eigenvalue weighted by molar-refractivity contribution is 8.00. The number of likely N-dealkylation sites (tertiary alicyclic amines) is 1. The van der Waals surface area contributed by atoms with Gasteiger partial charge in [-0.15, -0.1) is 11.8 Å². The van der Waals surface area contributed by atoms with Crippen LogP contribution in [0, 0.1) is 5.92 Å². The van der Waals surface area contributed by atoms with Crippen LogP contribution in [0.5, 0.6) is 0 Å². The largest absolute Gasteiger partial charge is 0.369 e. The van der Waals surface area contributed by atoms with E-state index in [2.05, 4.69) is 13.0 Å². The molecule has 3 N–H and O–H groups in total. The van der Waals surface area contributed by atoms with Crippen LogP contribution in [0.2, 0.25) is 0 Å². The van der Waals surface area contributed by atoms with Crippen molar-refractivity contribution in [2.24, 2.45) is 11.7 Å². The first-order valence-corrected chi connectivity index (χ1v) is 9.61. The Labute approximate surface area is 147 Å². The van der Waals surface area contributed by atoms with Gasteiger partial charge in [0.2, 0.25) is 5.91 Å². The molecule has 0 saturated carbocycles. The van der Waals surface area contributed by atoms with Gasteiger partial charge in [0.1, 0.15) is 0 Å². The van der Waals surface area contributed by atoms with Crippen molar-refractivity contribution < 1.29 is 14.5 Å². The molecular weight excluding hydrogens is 322 g/mol. The van der Waals surface area contributed by atoms with E-state index in [4.69, 9.17) is 5.73 Å². The minimum Gasteiger partial charge on any atom is -0.369 e. The predicted octanol–water partition coefficient (Wildman–Crippen LogP) is 0.684. The van der Waals surface area contributed by atoms with E-state index in [0.29, 0.717) is 18.3 Å². The molecule has 1 unspecified atom stereocenters. The number of nitrogens with one attached hydrogen (secondary N) is 1. The summed E-state index contributed by atoms with van der Waals surface area (Å²) in [5.41, 5.74) is 6.48. The number of benzene rings is 1. The number of fused-ring (bicyclic) bond motifs is 1. The maximum absolute atomic E-state index is 12.9. The zero-order chi connectivity index (χ0) is 17.1. The highest BCUT2D eigenvalue weighted by atomic mass is 32.2.